The molecule has 0 aromatic carbocycles. The van der Waals surface area contributed by atoms with Gasteiger partial charge < -0.3 is 5.32 Å². The van der Waals surface area contributed by atoms with E-state index in [0.717, 1.165) is 17.1 Å². The Hall–Kier alpha value is -1.62. The molecule has 0 bridgehead atoms. The number of rotatable bonds is 3. The van der Waals surface area contributed by atoms with Gasteiger partial charge in [0.15, 0.2) is 0 Å². The number of aryl methyl sites for hydroxylation is 2. The Morgan fingerprint density at radius 3 is 2.88 bits per heavy atom. The predicted octanol–water partition coefficient (Wildman–Crippen LogP) is 1.78. The molecule has 0 atom stereocenters. The molecule has 0 aliphatic heterocycles. The fraction of sp³-hybridized carbons (Fsp3) is 0.300. The zero-order valence-corrected chi connectivity index (χ0v) is 9.86. The van der Waals surface area contributed by atoms with Gasteiger partial charge in [0, 0.05) is 13.2 Å². The highest BCUT2D eigenvalue weighted by Gasteiger charge is 2.02. The minimum atomic E-state index is 0.502. The molecule has 2 aromatic rings. The fourth-order valence-electron chi connectivity index (χ4n) is 1.38. The minimum Gasteiger partial charge on any atom is -0.378 e. The van der Waals surface area contributed by atoms with Crippen molar-refractivity contribution in [1.29, 1.82) is 0 Å². The van der Waals surface area contributed by atoms with Crippen LogP contribution in [0.3, 0.4) is 0 Å². The highest BCUT2D eigenvalue weighted by atomic mass is 35.5. The van der Waals surface area contributed by atoms with Crippen LogP contribution in [0, 0.1) is 6.92 Å². The van der Waals surface area contributed by atoms with Gasteiger partial charge in [0.1, 0.15) is 10.8 Å². The second-order valence-corrected chi connectivity index (χ2v) is 3.89. The standard InChI is InChI=1S/C10H12ClN5/c1-7-9(3-4-10(11)13-7)12-5-8-6-16(2)15-14-8/h3-4,6,12H,5H2,1-2H3. The zero-order valence-electron chi connectivity index (χ0n) is 9.11. The molecule has 0 radical (unpaired) electrons. The van der Waals surface area contributed by atoms with E-state index in [0.29, 0.717) is 11.7 Å². The highest BCUT2D eigenvalue weighted by molar-refractivity contribution is 6.29. The third-order valence-corrected chi connectivity index (χ3v) is 2.37. The van der Waals surface area contributed by atoms with Gasteiger partial charge in [0.05, 0.1) is 17.9 Å². The van der Waals surface area contributed by atoms with Gasteiger partial charge in [0.2, 0.25) is 0 Å². The summed E-state index contributed by atoms with van der Waals surface area (Å²) in [7, 11) is 1.84. The van der Waals surface area contributed by atoms with Gasteiger partial charge in [-0.3, -0.25) is 4.68 Å². The molecular weight excluding hydrogens is 226 g/mol. The second kappa shape index (κ2) is 4.49. The van der Waals surface area contributed by atoms with E-state index in [4.69, 9.17) is 11.6 Å². The van der Waals surface area contributed by atoms with Crippen molar-refractivity contribution in [3.63, 3.8) is 0 Å². The molecule has 0 spiro atoms. The Labute approximate surface area is 98.5 Å². The summed E-state index contributed by atoms with van der Waals surface area (Å²) in [4.78, 5) is 4.15. The molecule has 0 fully saturated rings. The minimum absolute atomic E-state index is 0.502. The summed E-state index contributed by atoms with van der Waals surface area (Å²) in [6, 6.07) is 3.66. The van der Waals surface area contributed by atoms with Crippen molar-refractivity contribution in [2.24, 2.45) is 7.05 Å². The molecule has 84 valence electrons. The summed E-state index contributed by atoms with van der Waals surface area (Å²) in [6.07, 6.45) is 1.87. The maximum absolute atomic E-state index is 5.77. The zero-order chi connectivity index (χ0) is 11.5. The van der Waals surface area contributed by atoms with Gasteiger partial charge in [-0.25, -0.2) is 4.98 Å². The molecular formula is C10H12ClN5. The largest absolute Gasteiger partial charge is 0.378 e. The molecule has 1 N–H and O–H groups in total. The van der Waals surface area contributed by atoms with Crippen molar-refractivity contribution in [3.8, 4) is 0 Å². The Morgan fingerprint density at radius 1 is 1.44 bits per heavy atom. The quantitative estimate of drug-likeness (QED) is 0.827. The van der Waals surface area contributed by atoms with E-state index in [2.05, 4.69) is 20.6 Å². The first-order chi connectivity index (χ1) is 7.65. The number of nitrogens with zero attached hydrogens (tertiary/aromatic N) is 4. The number of pyridine rings is 1. The van der Waals surface area contributed by atoms with Crippen molar-refractivity contribution in [2.75, 3.05) is 5.32 Å². The molecule has 5 nitrogen and oxygen atoms in total. The van der Waals surface area contributed by atoms with E-state index in [9.17, 15) is 0 Å². The molecule has 0 saturated heterocycles. The molecule has 2 rings (SSSR count). The molecule has 0 aliphatic rings. The Morgan fingerprint density at radius 2 is 2.25 bits per heavy atom. The van der Waals surface area contributed by atoms with E-state index in [-0.39, 0.29) is 0 Å². The molecule has 0 unspecified atom stereocenters. The lowest BCUT2D eigenvalue weighted by atomic mass is 10.3. The van der Waals surface area contributed by atoms with Gasteiger partial charge in [0.25, 0.3) is 0 Å². The Balaban J connectivity index is 2.04. The van der Waals surface area contributed by atoms with Crippen LogP contribution in [0.15, 0.2) is 18.3 Å². The number of hydrogen-bond acceptors (Lipinski definition) is 4. The number of halogens is 1. The van der Waals surface area contributed by atoms with Gasteiger partial charge in [-0.05, 0) is 19.1 Å². The molecule has 2 aromatic heterocycles. The summed E-state index contributed by atoms with van der Waals surface area (Å²) < 4.78 is 1.67. The molecule has 0 saturated carbocycles. The average molecular weight is 238 g/mol. The highest BCUT2D eigenvalue weighted by Crippen LogP contribution is 2.16. The van der Waals surface area contributed by atoms with Crippen LogP contribution >= 0.6 is 11.6 Å². The van der Waals surface area contributed by atoms with Crippen molar-refractivity contribution < 1.29 is 0 Å². The SMILES string of the molecule is Cc1nc(Cl)ccc1NCc1cn(C)nn1. The van der Waals surface area contributed by atoms with E-state index in [1.165, 1.54) is 0 Å². The molecule has 0 amide bonds. The van der Waals surface area contributed by atoms with Crippen LogP contribution in [-0.2, 0) is 13.6 Å². The van der Waals surface area contributed by atoms with Gasteiger partial charge >= 0.3 is 0 Å². The number of hydrogen-bond donors (Lipinski definition) is 1. The third-order valence-electron chi connectivity index (χ3n) is 2.16. The molecule has 0 aliphatic carbocycles. The van der Waals surface area contributed by atoms with Crippen LogP contribution in [0.2, 0.25) is 5.15 Å². The molecule has 2 heterocycles. The lowest BCUT2D eigenvalue weighted by Gasteiger charge is -2.06. The first kappa shape index (κ1) is 10.9. The van der Waals surface area contributed by atoms with Crippen molar-refractivity contribution >= 4 is 17.3 Å². The Kier molecular flexibility index (Phi) is 3.05. The summed E-state index contributed by atoms with van der Waals surface area (Å²) >= 11 is 5.77. The third kappa shape index (κ3) is 2.49. The normalized spacial score (nSPS) is 10.4. The van der Waals surface area contributed by atoms with Gasteiger partial charge in [-0.1, -0.05) is 16.8 Å². The summed E-state index contributed by atoms with van der Waals surface area (Å²) in [5.74, 6) is 0. The Bertz CT molecular complexity index is 494. The molecule has 16 heavy (non-hydrogen) atoms. The number of anilines is 1. The van der Waals surface area contributed by atoms with Gasteiger partial charge in [-0.2, -0.15) is 0 Å². The number of nitrogens with one attached hydrogen (secondary N) is 1. The topological polar surface area (TPSA) is 55.6 Å². The smallest absolute Gasteiger partial charge is 0.129 e. The van der Waals surface area contributed by atoms with Crippen molar-refractivity contribution in [3.05, 3.63) is 34.9 Å². The lowest BCUT2D eigenvalue weighted by Crippen LogP contribution is -2.02. The summed E-state index contributed by atoms with van der Waals surface area (Å²) in [6.45, 7) is 2.53. The summed E-state index contributed by atoms with van der Waals surface area (Å²) in [5.41, 5.74) is 2.71. The maximum atomic E-state index is 5.77. The van der Waals surface area contributed by atoms with Crippen LogP contribution in [0.1, 0.15) is 11.4 Å². The average Bonchev–Trinajstić information content (AvgIpc) is 2.63. The lowest BCUT2D eigenvalue weighted by molar-refractivity contribution is 0.713. The first-order valence-corrected chi connectivity index (χ1v) is 5.25. The maximum Gasteiger partial charge on any atom is 0.129 e. The first-order valence-electron chi connectivity index (χ1n) is 4.87. The van der Waals surface area contributed by atoms with Crippen molar-refractivity contribution in [1.82, 2.24) is 20.0 Å². The monoisotopic (exact) mass is 237 g/mol. The van der Waals surface area contributed by atoms with Crippen LogP contribution in [-0.4, -0.2) is 20.0 Å². The van der Waals surface area contributed by atoms with E-state index >= 15 is 0 Å². The van der Waals surface area contributed by atoms with Crippen LogP contribution in [0.5, 0.6) is 0 Å². The van der Waals surface area contributed by atoms with E-state index in [1.54, 1.807) is 10.7 Å². The van der Waals surface area contributed by atoms with E-state index in [1.807, 2.05) is 26.2 Å². The summed E-state index contributed by atoms with van der Waals surface area (Å²) in [5, 5.41) is 11.6. The van der Waals surface area contributed by atoms with E-state index < -0.39 is 0 Å². The van der Waals surface area contributed by atoms with Crippen LogP contribution < -0.4 is 5.32 Å². The van der Waals surface area contributed by atoms with Crippen LogP contribution in [0.25, 0.3) is 0 Å². The van der Waals surface area contributed by atoms with Gasteiger partial charge in [-0.15, -0.1) is 5.10 Å². The van der Waals surface area contributed by atoms with Crippen LogP contribution in [0.4, 0.5) is 5.69 Å². The number of aromatic nitrogens is 4. The second-order valence-electron chi connectivity index (χ2n) is 3.50. The fourth-order valence-corrected chi connectivity index (χ4v) is 1.57. The predicted molar refractivity (Wildman–Crippen MR) is 62.3 cm³/mol. The van der Waals surface area contributed by atoms with Crippen molar-refractivity contribution in [2.45, 2.75) is 13.5 Å². The molecule has 6 heteroatoms.